The topological polar surface area (TPSA) is 35.5 Å². The molecular weight excluding hydrogens is 244 g/mol. The van der Waals surface area contributed by atoms with E-state index in [0.717, 1.165) is 24.1 Å². The monoisotopic (exact) mass is 266 g/mol. The quantitative estimate of drug-likeness (QED) is 0.535. The molecule has 0 aliphatic carbocycles. The number of ketones is 1. The Morgan fingerprint density at radius 2 is 1.72 bits per heavy atom. The minimum absolute atomic E-state index is 0.247. The van der Waals surface area contributed by atoms with Gasteiger partial charge < -0.3 is 13.6 Å². The van der Waals surface area contributed by atoms with Crippen molar-refractivity contribution in [1.82, 2.24) is 0 Å². The van der Waals surface area contributed by atoms with Gasteiger partial charge in [-0.15, -0.1) is 0 Å². The third-order valence-electron chi connectivity index (χ3n) is 3.16. The van der Waals surface area contributed by atoms with Crippen LogP contribution in [-0.4, -0.2) is 28.6 Å². The van der Waals surface area contributed by atoms with Gasteiger partial charge in [-0.3, -0.25) is 0 Å². The van der Waals surface area contributed by atoms with Crippen LogP contribution in [0.1, 0.15) is 26.2 Å². The number of benzene rings is 1. The average Bonchev–Trinajstić information content (AvgIpc) is 2.40. The zero-order chi connectivity index (χ0) is 13.4. The minimum Gasteiger partial charge on any atom is -0.394 e. The molecule has 0 aromatic heterocycles. The number of Topliss-reactive ketones (excluding diaryl/α,β-unsaturated/α-hetero) is 1. The first-order valence-corrected chi connectivity index (χ1v) is 8.32. The summed E-state index contributed by atoms with van der Waals surface area (Å²) in [6.45, 7) is 1.63. The molecule has 0 bridgehead atoms. The molecule has 0 N–H and O–H groups in total. The highest BCUT2D eigenvalue weighted by atomic mass is 28.4. The largest absolute Gasteiger partial charge is 0.394 e. The molecule has 1 aromatic carbocycles. The summed E-state index contributed by atoms with van der Waals surface area (Å²) in [4.78, 5) is 10.9. The van der Waals surface area contributed by atoms with E-state index in [1.165, 1.54) is 0 Å². The van der Waals surface area contributed by atoms with Gasteiger partial charge in [-0.2, -0.15) is 0 Å². The molecule has 0 heterocycles. The van der Waals surface area contributed by atoms with E-state index in [1.54, 1.807) is 21.1 Å². The molecular formula is C14H22O3Si. The van der Waals surface area contributed by atoms with Crippen molar-refractivity contribution < 1.29 is 13.6 Å². The Morgan fingerprint density at radius 3 is 2.22 bits per heavy atom. The van der Waals surface area contributed by atoms with Gasteiger partial charge >= 0.3 is 8.56 Å². The van der Waals surface area contributed by atoms with Crippen molar-refractivity contribution in [3.05, 3.63) is 30.3 Å². The summed E-state index contributed by atoms with van der Waals surface area (Å²) >= 11 is 0. The third-order valence-corrected chi connectivity index (χ3v) is 6.70. The number of unbranched alkanes of at least 4 members (excludes halogenated alkanes) is 1. The van der Waals surface area contributed by atoms with Gasteiger partial charge in [-0.1, -0.05) is 36.8 Å². The molecule has 0 fully saturated rings. The van der Waals surface area contributed by atoms with E-state index in [4.69, 9.17) is 8.85 Å². The van der Waals surface area contributed by atoms with E-state index >= 15 is 0 Å². The van der Waals surface area contributed by atoms with E-state index in [-0.39, 0.29) is 5.78 Å². The summed E-state index contributed by atoms with van der Waals surface area (Å²) in [6.07, 6.45) is 2.51. The fourth-order valence-electron chi connectivity index (χ4n) is 2.09. The average molecular weight is 266 g/mol. The predicted molar refractivity (Wildman–Crippen MR) is 75.2 cm³/mol. The van der Waals surface area contributed by atoms with Gasteiger partial charge in [-0.05, 0) is 24.6 Å². The highest BCUT2D eigenvalue weighted by Crippen LogP contribution is 2.17. The van der Waals surface area contributed by atoms with Gasteiger partial charge in [0.1, 0.15) is 5.78 Å². The molecule has 100 valence electrons. The second-order valence-corrected chi connectivity index (χ2v) is 7.84. The number of carbonyl (C=O) groups is 1. The van der Waals surface area contributed by atoms with Crippen LogP contribution in [0.5, 0.6) is 0 Å². The van der Waals surface area contributed by atoms with Crippen molar-refractivity contribution in [3.8, 4) is 0 Å². The Balaban J connectivity index is 2.66. The molecule has 0 unspecified atom stereocenters. The van der Waals surface area contributed by atoms with Crippen LogP contribution in [0.4, 0.5) is 0 Å². The van der Waals surface area contributed by atoms with Gasteiger partial charge in [0, 0.05) is 20.6 Å². The molecule has 1 rings (SSSR count). The van der Waals surface area contributed by atoms with Crippen molar-refractivity contribution in [2.75, 3.05) is 14.2 Å². The lowest BCUT2D eigenvalue weighted by atomic mass is 10.2. The van der Waals surface area contributed by atoms with Crippen molar-refractivity contribution in [1.29, 1.82) is 0 Å². The first-order valence-electron chi connectivity index (χ1n) is 6.30. The fraction of sp³-hybridized carbons (Fsp3) is 0.500. The van der Waals surface area contributed by atoms with E-state index < -0.39 is 8.56 Å². The summed E-state index contributed by atoms with van der Waals surface area (Å²) in [5, 5.41) is 1.15. The van der Waals surface area contributed by atoms with E-state index in [1.807, 2.05) is 18.2 Å². The highest BCUT2D eigenvalue weighted by molar-refractivity contribution is 6.81. The Bertz CT molecular complexity index is 361. The zero-order valence-corrected chi connectivity index (χ0v) is 12.4. The molecule has 0 amide bonds. The third kappa shape index (κ3) is 4.05. The first-order chi connectivity index (χ1) is 8.64. The maximum atomic E-state index is 10.9. The Labute approximate surface area is 110 Å². The van der Waals surface area contributed by atoms with Crippen LogP contribution >= 0.6 is 0 Å². The lowest BCUT2D eigenvalue weighted by Gasteiger charge is -2.27. The molecule has 0 spiro atoms. The number of rotatable bonds is 8. The van der Waals surface area contributed by atoms with Gasteiger partial charge in [0.15, 0.2) is 0 Å². The Kier molecular flexibility index (Phi) is 6.25. The van der Waals surface area contributed by atoms with Crippen LogP contribution in [-0.2, 0) is 13.6 Å². The molecule has 0 aliphatic heterocycles. The zero-order valence-electron chi connectivity index (χ0n) is 11.4. The molecule has 1 aromatic rings. The summed E-state index contributed by atoms with van der Waals surface area (Å²) in [7, 11) is 1.13. The van der Waals surface area contributed by atoms with Crippen molar-refractivity contribution >= 4 is 19.5 Å². The molecule has 0 aliphatic rings. The molecule has 0 radical (unpaired) electrons. The van der Waals surface area contributed by atoms with Gasteiger partial charge in [-0.25, -0.2) is 0 Å². The molecule has 18 heavy (non-hydrogen) atoms. The maximum absolute atomic E-state index is 10.9. The second kappa shape index (κ2) is 7.46. The summed E-state index contributed by atoms with van der Waals surface area (Å²) in [5.41, 5.74) is 0. The highest BCUT2D eigenvalue weighted by Gasteiger charge is 2.37. The first kappa shape index (κ1) is 15.1. The Morgan fingerprint density at radius 1 is 1.11 bits per heavy atom. The predicted octanol–water partition coefficient (Wildman–Crippen LogP) is 2.39. The maximum Gasteiger partial charge on any atom is 0.371 e. The van der Waals surface area contributed by atoms with E-state index in [2.05, 4.69) is 12.1 Å². The van der Waals surface area contributed by atoms with Crippen LogP contribution in [0.2, 0.25) is 6.04 Å². The molecule has 3 nitrogen and oxygen atoms in total. The van der Waals surface area contributed by atoms with Gasteiger partial charge in [0.2, 0.25) is 0 Å². The van der Waals surface area contributed by atoms with Crippen molar-refractivity contribution in [3.63, 3.8) is 0 Å². The van der Waals surface area contributed by atoms with E-state index in [9.17, 15) is 4.79 Å². The van der Waals surface area contributed by atoms with Crippen LogP contribution in [0, 0.1) is 0 Å². The number of carbonyl (C=O) groups excluding carboxylic acids is 1. The fourth-order valence-corrected chi connectivity index (χ4v) is 4.84. The summed E-state index contributed by atoms with van der Waals surface area (Å²) in [6, 6.07) is 11.0. The summed E-state index contributed by atoms with van der Waals surface area (Å²) in [5.74, 6) is 0.247. The number of hydrogen-bond acceptors (Lipinski definition) is 3. The smallest absolute Gasteiger partial charge is 0.371 e. The van der Waals surface area contributed by atoms with Crippen LogP contribution in [0.25, 0.3) is 0 Å². The standard InChI is InChI=1S/C14H22O3Si/c1-13(15)9-7-8-12-18(16-2,17-3)14-10-5-4-6-11-14/h4-6,10-11H,7-9,12H2,1-3H3. The second-order valence-electron chi connectivity index (χ2n) is 4.44. The molecule has 0 atom stereocenters. The van der Waals surface area contributed by atoms with Crippen molar-refractivity contribution in [2.45, 2.75) is 32.2 Å². The molecule has 0 saturated carbocycles. The lowest BCUT2D eigenvalue weighted by Crippen LogP contribution is -2.52. The Hall–Kier alpha value is -0.973. The molecule has 4 heteroatoms. The van der Waals surface area contributed by atoms with Crippen LogP contribution in [0.15, 0.2) is 30.3 Å². The SMILES string of the molecule is CO[Si](CCCCC(C)=O)(OC)c1ccccc1. The van der Waals surface area contributed by atoms with Gasteiger partial charge in [0.05, 0.1) is 0 Å². The summed E-state index contributed by atoms with van der Waals surface area (Å²) < 4.78 is 11.4. The van der Waals surface area contributed by atoms with Crippen LogP contribution < -0.4 is 5.19 Å². The number of hydrogen-bond donors (Lipinski definition) is 0. The normalized spacial score (nSPS) is 11.5. The molecule has 0 saturated heterocycles. The van der Waals surface area contributed by atoms with Crippen LogP contribution in [0.3, 0.4) is 0 Å². The van der Waals surface area contributed by atoms with E-state index in [0.29, 0.717) is 6.42 Å². The minimum atomic E-state index is -2.30. The van der Waals surface area contributed by atoms with Crippen molar-refractivity contribution in [2.24, 2.45) is 0 Å². The van der Waals surface area contributed by atoms with Gasteiger partial charge in [0.25, 0.3) is 0 Å². The lowest BCUT2D eigenvalue weighted by molar-refractivity contribution is -0.117.